The molecule has 1 atom stereocenters. The highest BCUT2D eigenvalue weighted by atomic mass is 35.5. The predicted molar refractivity (Wildman–Crippen MR) is 85.8 cm³/mol. The Hall–Kier alpha value is -1.91. The van der Waals surface area contributed by atoms with Gasteiger partial charge < -0.3 is 19.9 Å². The Bertz CT molecular complexity index is 550. The van der Waals surface area contributed by atoms with Crippen molar-refractivity contribution in [1.82, 2.24) is 0 Å². The molecule has 2 rings (SSSR count). The Balaban J connectivity index is 0.00000220. The summed E-state index contributed by atoms with van der Waals surface area (Å²) in [5.74, 6) is 1.78. The smallest absolute Gasteiger partial charge is 0.203 e. The van der Waals surface area contributed by atoms with Crippen molar-refractivity contribution in [3.8, 4) is 17.2 Å². The molecule has 0 aliphatic rings. The molecule has 0 fully saturated rings. The molecule has 2 aromatic carbocycles. The van der Waals surface area contributed by atoms with Crippen LogP contribution in [0.15, 0.2) is 42.5 Å². The van der Waals surface area contributed by atoms with Crippen molar-refractivity contribution in [2.45, 2.75) is 6.04 Å². The summed E-state index contributed by atoms with van der Waals surface area (Å²) in [5.41, 5.74) is 8.24. The lowest BCUT2D eigenvalue weighted by molar-refractivity contribution is 0.323. The number of nitrogens with two attached hydrogens (primary N) is 1. The zero-order valence-electron chi connectivity index (χ0n) is 12.3. The van der Waals surface area contributed by atoms with Gasteiger partial charge in [-0.25, -0.2) is 0 Å². The van der Waals surface area contributed by atoms with E-state index in [1.54, 1.807) is 21.3 Å². The van der Waals surface area contributed by atoms with Gasteiger partial charge in [-0.15, -0.1) is 12.4 Å². The predicted octanol–water partition coefficient (Wildman–Crippen LogP) is 3.18. The molecule has 0 aliphatic heterocycles. The van der Waals surface area contributed by atoms with E-state index >= 15 is 0 Å². The van der Waals surface area contributed by atoms with Crippen molar-refractivity contribution < 1.29 is 14.2 Å². The number of halogens is 1. The van der Waals surface area contributed by atoms with Gasteiger partial charge in [0.25, 0.3) is 0 Å². The minimum atomic E-state index is -0.245. The number of ether oxygens (including phenoxy) is 3. The summed E-state index contributed by atoms with van der Waals surface area (Å²) in [4.78, 5) is 0. The topological polar surface area (TPSA) is 53.7 Å². The van der Waals surface area contributed by atoms with Crippen molar-refractivity contribution in [3.05, 3.63) is 53.6 Å². The van der Waals surface area contributed by atoms with Crippen LogP contribution in [-0.4, -0.2) is 21.3 Å². The first-order valence-electron chi connectivity index (χ1n) is 6.31. The fourth-order valence-electron chi connectivity index (χ4n) is 2.13. The first-order valence-corrected chi connectivity index (χ1v) is 6.31. The Morgan fingerprint density at radius 2 is 1.33 bits per heavy atom. The van der Waals surface area contributed by atoms with Crippen LogP contribution in [0.5, 0.6) is 17.2 Å². The second-order valence-electron chi connectivity index (χ2n) is 4.35. The van der Waals surface area contributed by atoms with Gasteiger partial charge in [-0.3, -0.25) is 0 Å². The molecule has 0 bridgehead atoms. The fraction of sp³-hybridized carbons (Fsp3) is 0.250. The highest BCUT2D eigenvalue weighted by Crippen LogP contribution is 2.40. The molecular formula is C16H20ClNO3. The maximum absolute atomic E-state index is 6.30. The Labute approximate surface area is 131 Å². The summed E-state index contributed by atoms with van der Waals surface area (Å²) < 4.78 is 16.0. The van der Waals surface area contributed by atoms with Gasteiger partial charge in [0.15, 0.2) is 11.5 Å². The van der Waals surface area contributed by atoms with Crippen molar-refractivity contribution in [3.63, 3.8) is 0 Å². The van der Waals surface area contributed by atoms with Gasteiger partial charge in [0, 0.05) is 0 Å². The molecule has 0 spiro atoms. The van der Waals surface area contributed by atoms with Gasteiger partial charge in [-0.1, -0.05) is 30.3 Å². The molecule has 0 radical (unpaired) electrons. The van der Waals surface area contributed by atoms with Crippen LogP contribution in [0.2, 0.25) is 0 Å². The second-order valence-corrected chi connectivity index (χ2v) is 4.35. The third-order valence-electron chi connectivity index (χ3n) is 3.20. The second kappa shape index (κ2) is 7.76. The van der Waals surface area contributed by atoms with Crippen LogP contribution in [-0.2, 0) is 0 Å². The van der Waals surface area contributed by atoms with Crippen molar-refractivity contribution in [2.75, 3.05) is 21.3 Å². The van der Waals surface area contributed by atoms with E-state index in [-0.39, 0.29) is 18.4 Å². The van der Waals surface area contributed by atoms with E-state index in [0.29, 0.717) is 17.2 Å². The van der Waals surface area contributed by atoms with E-state index in [4.69, 9.17) is 19.9 Å². The lowest BCUT2D eigenvalue weighted by atomic mass is 9.99. The van der Waals surface area contributed by atoms with E-state index in [0.717, 1.165) is 11.1 Å². The van der Waals surface area contributed by atoms with E-state index in [1.165, 1.54) is 0 Å². The number of hydrogen-bond acceptors (Lipinski definition) is 4. The van der Waals surface area contributed by atoms with Crippen molar-refractivity contribution in [1.29, 1.82) is 0 Å². The maximum atomic E-state index is 6.30. The highest BCUT2D eigenvalue weighted by molar-refractivity contribution is 5.85. The van der Waals surface area contributed by atoms with E-state index in [9.17, 15) is 0 Å². The Morgan fingerprint density at radius 3 is 1.76 bits per heavy atom. The van der Waals surface area contributed by atoms with Crippen LogP contribution in [0.25, 0.3) is 0 Å². The normalized spacial score (nSPS) is 11.2. The number of rotatable bonds is 5. The monoisotopic (exact) mass is 309 g/mol. The van der Waals surface area contributed by atoms with Crippen LogP contribution < -0.4 is 19.9 Å². The summed E-state index contributed by atoms with van der Waals surface area (Å²) in [7, 11) is 4.77. The summed E-state index contributed by atoms with van der Waals surface area (Å²) in [5, 5.41) is 0. The molecule has 4 nitrogen and oxygen atoms in total. The molecule has 0 saturated carbocycles. The zero-order chi connectivity index (χ0) is 14.5. The molecule has 1 unspecified atom stereocenters. The van der Waals surface area contributed by atoms with E-state index in [1.807, 2.05) is 42.5 Å². The molecule has 114 valence electrons. The number of hydrogen-bond donors (Lipinski definition) is 1. The van der Waals surface area contributed by atoms with E-state index < -0.39 is 0 Å². The zero-order valence-corrected chi connectivity index (χ0v) is 13.1. The third-order valence-corrected chi connectivity index (χ3v) is 3.20. The van der Waals surface area contributed by atoms with Gasteiger partial charge >= 0.3 is 0 Å². The van der Waals surface area contributed by atoms with Gasteiger partial charge in [0.2, 0.25) is 5.75 Å². The van der Waals surface area contributed by atoms with Crippen molar-refractivity contribution in [2.24, 2.45) is 5.73 Å². The molecule has 2 aromatic rings. The van der Waals surface area contributed by atoms with Crippen molar-refractivity contribution >= 4 is 12.4 Å². The van der Waals surface area contributed by atoms with Gasteiger partial charge in [0.1, 0.15) is 0 Å². The minimum Gasteiger partial charge on any atom is -0.493 e. The highest BCUT2D eigenvalue weighted by Gasteiger charge is 2.17. The molecule has 2 N–H and O–H groups in total. The van der Waals surface area contributed by atoms with Gasteiger partial charge in [-0.05, 0) is 23.3 Å². The minimum absolute atomic E-state index is 0. The maximum Gasteiger partial charge on any atom is 0.203 e. The van der Waals surface area contributed by atoms with Gasteiger partial charge in [0.05, 0.1) is 27.4 Å². The van der Waals surface area contributed by atoms with Gasteiger partial charge in [-0.2, -0.15) is 0 Å². The fourth-order valence-corrected chi connectivity index (χ4v) is 2.13. The van der Waals surface area contributed by atoms with Crippen LogP contribution in [0.1, 0.15) is 17.2 Å². The summed E-state index contributed by atoms with van der Waals surface area (Å²) >= 11 is 0. The molecule has 0 saturated heterocycles. The summed E-state index contributed by atoms with van der Waals surface area (Å²) in [6.45, 7) is 0. The third kappa shape index (κ3) is 3.60. The van der Waals surface area contributed by atoms with Crippen LogP contribution >= 0.6 is 12.4 Å². The summed E-state index contributed by atoms with van der Waals surface area (Å²) in [6, 6.07) is 13.4. The van der Waals surface area contributed by atoms with E-state index in [2.05, 4.69) is 0 Å². The number of benzene rings is 2. The van der Waals surface area contributed by atoms with Crippen LogP contribution in [0.3, 0.4) is 0 Å². The summed E-state index contributed by atoms with van der Waals surface area (Å²) in [6.07, 6.45) is 0. The molecule has 0 aromatic heterocycles. The molecule has 0 amide bonds. The van der Waals surface area contributed by atoms with Crippen LogP contribution in [0, 0.1) is 0 Å². The quantitative estimate of drug-likeness (QED) is 0.921. The SMILES string of the molecule is COc1cc(C(N)c2ccccc2)cc(OC)c1OC.Cl. The average Bonchev–Trinajstić information content (AvgIpc) is 2.53. The first-order chi connectivity index (χ1) is 9.71. The molecular weight excluding hydrogens is 290 g/mol. The largest absolute Gasteiger partial charge is 0.493 e. The molecule has 0 heterocycles. The Morgan fingerprint density at radius 1 is 0.810 bits per heavy atom. The average molecular weight is 310 g/mol. The molecule has 21 heavy (non-hydrogen) atoms. The molecule has 5 heteroatoms. The lowest BCUT2D eigenvalue weighted by Gasteiger charge is -2.18. The molecule has 0 aliphatic carbocycles. The van der Waals surface area contributed by atoms with Crippen LogP contribution in [0.4, 0.5) is 0 Å². The standard InChI is InChI=1S/C16H19NO3.ClH/c1-18-13-9-12(10-14(19-2)16(13)20-3)15(17)11-7-5-4-6-8-11;/h4-10,15H,17H2,1-3H3;1H. The first kappa shape index (κ1) is 17.1. The number of methoxy groups -OCH3 is 3. The Kier molecular flexibility index (Phi) is 6.34. The lowest BCUT2D eigenvalue weighted by Crippen LogP contribution is -2.12.